The van der Waals surface area contributed by atoms with Gasteiger partial charge < -0.3 is 24.4 Å². The van der Waals surface area contributed by atoms with E-state index < -0.39 is 36.4 Å². The molecule has 3 aliphatic rings. The van der Waals surface area contributed by atoms with Crippen LogP contribution in [0.15, 0.2) is 42.5 Å². The fourth-order valence-corrected chi connectivity index (χ4v) is 9.87. The van der Waals surface area contributed by atoms with E-state index in [-0.39, 0.29) is 43.1 Å². The van der Waals surface area contributed by atoms with Gasteiger partial charge in [-0.1, -0.05) is 19.1 Å². The first kappa shape index (κ1) is 29.1. The van der Waals surface area contributed by atoms with Crippen LogP contribution in [-0.2, 0) is 26.5 Å². The van der Waals surface area contributed by atoms with Crippen LogP contribution in [0.2, 0.25) is 18.6 Å². The second kappa shape index (κ2) is 10.8. The molecule has 0 aromatic heterocycles. The number of ether oxygens (including phenoxy) is 1. The topological polar surface area (TPSA) is 133 Å². The number of nitrogens with zero attached hydrogens (tertiary/aromatic N) is 3. The van der Waals surface area contributed by atoms with Gasteiger partial charge in [-0.15, -0.1) is 0 Å². The fraction of sp³-hybridized carbons (Fsp3) is 0.500. The molecule has 2 aromatic rings. The number of halogens is 1. The van der Waals surface area contributed by atoms with Crippen molar-refractivity contribution in [3.63, 3.8) is 0 Å². The Morgan fingerprint density at radius 1 is 1.25 bits per heavy atom. The predicted octanol–water partition coefficient (Wildman–Crippen LogP) is 3.92. The summed E-state index contributed by atoms with van der Waals surface area (Å²) >= 11 is 2.21. The minimum atomic E-state index is -3.01. The van der Waals surface area contributed by atoms with Crippen molar-refractivity contribution in [2.75, 3.05) is 18.1 Å². The molecule has 0 saturated carbocycles. The first-order valence-corrected chi connectivity index (χ1v) is 17.6. The van der Waals surface area contributed by atoms with Gasteiger partial charge >= 0.3 is 0 Å². The van der Waals surface area contributed by atoms with Crippen molar-refractivity contribution < 1.29 is 29.2 Å². The molecule has 0 aliphatic carbocycles. The monoisotopic (exact) mass is 679 g/mol. The van der Waals surface area contributed by atoms with Crippen molar-refractivity contribution in [2.24, 2.45) is 5.92 Å². The van der Waals surface area contributed by atoms with Gasteiger partial charge in [0.2, 0.25) is 5.91 Å². The van der Waals surface area contributed by atoms with Crippen LogP contribution < -0.4 is 4.90 Å². The van der Waals surface area contributed by atoms with Crippen LogP contribution in [0, 0.1) is 19.6 Å². The Bertz CT molecular complexity index is 1330. The Balaban J connectivity index is 1.57. The zero-order chi connectivity index (χ0) is 29.0. The van der Waals surface area contributed by atoms with Crippen molar-refractivity contribution in [2.45, 2.75) is 69.1 Å². The molecule has 12 heteroatoms. The number of aliphatic hydroxyl groups is 1. The summed E-state index contributed by atoms with van der Waals surface area (Å²) in [5.74, 6) is -1.07. The van der Waals surface area contributed by atoms with E-state index >= 15 is 0 Å². The largest absolute Gasteiger partial charge is 0.432 e. The van der Waals surface area contributed by atoms with Crippen LogP contribution >= 0.6 is 22.6 Å². The van der Waals surface area contributed by atoms with E-state index in [0.29, 0.717) is 17.8 Å². The highest BCUT2D eigenvalue weighted by molar-refractivity contribution is 14.1. The standard InChI is InChI=1S/C28H34IN3O7Si/c1-17-26(40(2,3)38)24(14-25(34)30-12-4-5-21(30)16-33)39-28(17)22-13-20(32(36)37)10-11-23(22)31(27(28)35)15-18-6-8-19(29)9-7-18/h6-11,13,17,21,24,26,33,38H,4-5,12,14-16H2,1-3H3/t17-,21-,24+,26-,28+/m0/s1. The average molecular weight is 680 g/mol. The van der Waals surface area contributed by atoms with E-state index in [4.69, 9.17) is 4.74 Å². The number of likely N-dealkylation sites (tertiary alicyclic amines) is 1. The van der Waals surface area contributed by atoms with Crippen molar-refractivity contribution in [1.29, 1.82) is 0 Å². The summed E-state index contributed by atoms with van der Waals surface area (Å²) in [6, 6.07) is 11.9. The molecular weight excluding hydrogens is 645 g/mol. The number of fused-ring (bicyclic) bond motifs is 2. The predicted molar refractivity (Wildman–Crippen MR) is 159 cm³/mol. The lowest BCUT2D eigenvalue weighted by atomic mass is 9.82. The smallest absolute Gasteiger partial charge is 0.269 e. The highest BCUT2D eigenvalue weighted by Crippen LogP contribution is 2.60. The Morgan fingerprint density at radius 3 is 2.58 bits per heavy atom. The maximum absolute atomic E-state index is 14.4. The molecule has 0 radical (unpaired) electrons. The first-order valence-electron chi connectivity index (χ1n) is 13.5. The molecule has 40 heavy (non-hydrogen) atoms. The van der Waals surface area contributed by atoms with Gasteiger partial charge in [0.25, 0.3) is 11.6 Å². The third kappa shape index (κ3) is 4.87. The van der Waals surface area contributed by atoms with Gasteiger partial charge in [-0.3, -0.25) is 19.7 Å². The van der Waals surface area contributed by atoms with Crippen molar-refractivity contribution in [1.82, 2.24) is 4.90 Å². The second-order valence-corrected chi connectivity index (χ2v) is 16.8. The van der Waals surface area contributed by atoms with Gasteiger partial charge in [0, 0.05) is 39.3 Å². The number of nitro benzene ring substituents is 1. The lowest BCUT2D eigenvalue weighted by molar-refractivity contribution is -0.385. The molecule has 5 atom stereocenters. The molecule has 10 nitrogen and oxygen atoms in total. The Hall–Kier alpha value is -2.39. The number of amides is 2. The minimum Gasteiger partial charge on any atom is -0.432 e. The molecule has 214 valence electrons. The maximum Gasteiger partial charge on any atom is 0.269 e. The van der Waals surface area contributed by atoms with Crippen molar-refractivity contribution in [3.8, 4) is 0 Å². The highest BCUT2D eigenvalue weighted by Gasteiger charge is 2.66. The molecule has 2 fully saturated rings. The third-order valence-corrected chi connectivity index (χ3v) is 11.9. The van der Waals surface area contributed by atoms with Gasteiger partial charge in [0.05, 0.1) is 42.3 Å². The van der Waals surface area contributed by atoms with Crippen LogP contribution in [0.1, 0.15) is 37.3 Å². The number of benzene rings is 2. The number of hydrogen-bond acceptors (Lipinski definition) is 7. The molecule has 2 saturated heterocycles. The number of carbonyl (C=O) groups excluding carboxylic acids is 2. The number of non-ortho nitro benzene ring substituents is 1. The lowest BCUT2D eigenvalue weighted by Crippen LogP contribution is -2.46. The Morgan fingerprint density at radius 2 is 1.95 bits per heavy atom. The SMILES string of the molecule is C[C@H]1[C@H]([Si](C)(C)O)[C@@H](CC(=O)N2CCC[C@H]2CO)O[C@]12C(=O)N(Cc1ccc(I)cc1)c1ccc([N+](=O)[O-])cc12. The van der Waals surface area contributed by atoms with Gasteiger partial charge in [-0.2, -0.15) is 0 Å². The van der Waals surface area contributed by atoms with Crippen LogP contribution in [0.3, 0.4) is 0 Å². The zero-order valence-electron chi connectivity index (χ0n) is 22.7. The molecule has 1 spiro atoms. The molecule has 3 heterocycles. The molecule has 0 unspecified atom stereocenters. The van der Waals surface area contributed by atoms with Gasteiger partial charge in [-0.05, 0) is 72.3 Å². The summed E-state index contributed by atoms with van der Waals surface area (Å²) in [6.07, 6.45) is 0.721. The van der Waals surface area contributed by atoms with E-state index in [1.54, 1.807) is 29.0 Å². The number of rotatable bonds is 7. The molecule has 3 aliphatic heterocycles. The summed E-state index contributed by atoms with van der Waals surface area (Å²) in [7, 11) is -3.01. The van der Waals surface area contributed by atoms with Gasteiger partial charge in [0.1, 0.15) is 0 Å². The summed E-state index contributed by atoms with van der Waals surface area (Å²) in [6.45, 7) is 6.07. The summed E-state index contributed by atoms with van der Waals surface area (Å²) in [4.78, 5) is 53.9. The van der Waals surface area contributed by atoms with E-state index in [0.717, 1.165) is 22.0 Å². The Kier molecular flexibility index (Phi) is 7.85. The number of anilines is 1. The molecule has 5 rings (SSSR count). The quantitative estimate of drug-likeness (QED) is 0.196. The van der Waals surface area contributed by atoms with E-state index in [1.807, 2.05) is 31.2 Å². The number of carbonyl (C=O) groups is 2. The lowest BCUT2D eigenvalue weighted by Gasteiger charge is -2.32. The first-order chi connectivity index (χ1) is 18.9. The number of aliphatic hydroxyl groups excluding tert-OH is 1. The highest BCUT2D eigenvalue weighted by atomic mass is 127. The summed E-state index contributed by atoms with van der Waals surface area (Å²) < 4.78 is 7.73. The van der Waals surface area contributed by atoms with Gasteiger partial charge in [-0.25, -0.2) is 0 Å². The van der Waals surface area contributed by atoms with E-state index in [9.17, 15) is 29.6 Å². The van der Waals surface area contributed by atoms with E-state index in [2.05, 4.69) is 22.6 Å². The van der Waals surface area contributed by atoms with Crippen LogP contribution in [-0.4, -0.2) is 65.2 Å². The Labute approximate surface area is 247 Å². The van der Waals surface area contributed by atoms with Gasteiger partial charge in [0.15, 0.2) is 13.9 Å². The van der Waals surface area contributed by atoms with E-state index in [1.165, 1.54) is 12.1 Å². The molecule has 2 aromatic carbocycles. The maximum atomic E-state index is 14.4. The molecule has 2 N–H and O–H groups in total. The molecular formula is C28H34IN3O7Si. The molecule has 2 amide bonds. The van der Waals surface area contributed by atoms with Crippen LogP contribution in [0.4, 0.5) is 11.4 Å². The summed E-state index contributed by atoms with van der Waals surface area (Å²) in [5, 5.41) is 21.5. The third-order valence-electron chi connectivity index (χ3n) is 8.72. The van der Waals surface area contributed by atoms with Crippen molar-refractivity contribution in [3.05, 3.63) is 67.3 Å². The number of nitro groups is 1. The normalized spacial score (nSPS) is 28.0. The second-order valence-electron chi connectivity index (χ2n) is 11.6. The molecule has 0 bridgehead atoms. The fourth-order valence-electron chi connectivity index (χ4n) is 6.95. The van der Waals surface area contributed by atoms with Crippen LogP contribution in [0.5, 0.6) is 0 Å². The number of hydrogen-bond donors (Lipinski definition) is 2. The van der Waals surface area contributed by atoms with Crippen LogP contribution in [0.25, 0.3) is 0 Å². The zero-order valence-corrected chi connectivity index (χ0v) is 25.9. The average Bonchev–Trinajstić information content (AvgIpc) is 3.55. The minimum absolute atomic E-state index is 0.0427. The van der Waals surface area contributed by atoms with Crippen molar-refractivity contribution >= 4 is 54.1 Å². The summed E-state index contributed by atoms with van der Waals surface area (Å²) in [5.41, 5.74) is -0.390.